The number of aliphatic hydroxyl groups is 1. The van der Waals surface area contributed by atoms with E-state index in [1.165, 1.54) is 12.1 Å². The first kappa shape index (κ1) is 15.3. The normalized spacial score (nSPS) is 14.9. The number of aliphatic hydroxyl groups excluding tert-OH is 1. The van der Waals surface area contributed by atoms with Crippen LogP contribution in [0.25, 0.3) is 5.57 Å². The Balaban J connectivity index is 2.32. The number of fused-ring (bicyclic) bond motifs is 2. The monoisotopic (exact) mass is 309 g/mol. The van der Waals surface area contributed by atoms with Gasteiger partial charge in [-0.15, -0.1) is 0 Å². The molecule has 2 aromatic carbocycles. The summed E-state index contributed by atoms with van der Waals surface area (Å²) in [6, 6.07) is 12.2. The summed E-state index contributed by atoms with van der Waals surface area (Å²) in [6.45, 7) is 2.13. The zero-order valence-electron chi connectivity index (χ0n) is 12.8. The third-order valence-electron chi connectivity index (χ3n) is 4.01. The van der Waals surface area contributed by atoms with Crippen molar-refractivity contribution in [3.05, 3.63) is 70.0 Å². The van der Waals surface area contributed by atoms with Gasteiger partial charge in [-0.2, -0.15) is 5.26 Å². The third kappa shape index (κ3) is 2.71. The average molecular weight is 309 g/mol. The van der Waals surface area contributed by atoms with Crippen LogP contribution in [0.15, 0.2) is 42.0 Å². The summed E-state index contributed by atoms with van der Waals surface area (Å²) in [7, 11) is 0. The lowest BCUT2D eigenvalue weighted by atomic mass is 9.89. The summed E-state index contributed by atoms with van der Waals surface area (Å²) in [5.74, 6) is 0.0584. The molecule has 3 nitrogen and oxygen atoms in total. The number of halogens is 1. The molecule has 0 bridgehead atoms. The number of ether oxygens (including phenoxy) is 1. The number of nitrogens with zero attached hydrogens (tertiary/aromatic N) is 1. The van der Waals surface area contributed by atoms with E-state index in [2.05, 4.69) is 6.07 Å². The molecule has 1 heterocycles. The third-order valence-corrected chi connectivity index (χ3v) is 4.01. The smallest absolute Gasteiger partial charge is 0.130 e. The first-order chi connectivity index (χ1) is 11.2. The van der Waals surface area contributed by atoms with Crippen molar-refractivity contribution in [3.63, 3.8) is 0 Å². The van der Waals surface area contributed by atoms with Crippen LogP contribution in [0.2, 0.25) is 0 Å². The van der Waals surface area contributed by atoms with Gasteiger partial charge in [-0.05, 0) is 41.3 Å². The van der Waals surface area contributed by atoms with Crippen LogP contribution in [0.1, 0.15) is 35.6 Å². The van der Waals surface area contributed by atoms with Crippen molar-refractivity contribution in [2.45, 2.75) is 26.6 Å². The molecule has 0 spiro atoms. The fraction of sp³-hybridized carbons (Fsp3) is 0.211. The van der Waals surface area contributed by atoms with Gasteiger partial charge in [0.05, 0.1) is 12.7 Å². The molecular weight excluding hydrogens is 293 g/mol. The molecule has 116 valence electrons. The van der Waals surface area contributed by atoms with Crippen LogP contribution < -0.4 is 4.74 Å². The maximum Gasteiger partial charge on any atom is 0.130 e. The topological polar surface area (TPSA) is 53.2 Å². The zero-order chi connectivity index (χ0) is 16.4. The van der Waals surface area contributed by atoms with Gasteiger partial charge in [-0.3, -0.25) is 0 Å². The summed E-state index contributed by atoms with van der Waals surface area (Å²) in [6.07, 6.45) is 0.573. The Labute approximate surface area is 134 Å². The van der Waals surface area contributed by atoms with E-state index in [1.54, 1.807) is 6.07 Å². The zero-order valence-corrected chi connectivity index (χ0v) is 12.8. The highest BCUT2D eigenvalue weighted by molar-refractivity contribution is 5.88. The van der Waals surface area contributed by atoms with Crippen LogP contribution in [-0.4, -0.2) is 5.11 Å². The SMILES string of the molecule is CC/C(C#N)=C1/c2ccc(CO)cc2COc2cc(F)ccc21. The molecule has 4 heteroatoms. The summed E-state index contributed by atoms with van der Waals surface area (Å²) in [5, 5.41) is 18.8. The fourth-order valence-electron chi connectivity index (χ4n) is 2.87. The fourth-order valence-corrected chi connectivity index (χ4v) is 2.87. The van der Waals surface area contributed by atoms with Gasteiger partial charge in [0.1, 0.15) is 18.2 Å². The van der Waals surface area contributed by atoms with Gasteiger partial charge < -0.3 is 9.84 Å². The number of rotatable bonds is 2. The molecule has 0 unspecified atom stereocenters. The highest BCUT2D eigenvalue weighted by atomic mass is 19.1. The second kappa shape index (κ2) is 6.23. The van der Waals surface area contributed by atoms with Crippen LogP contribution >= 0.6 is 0 Å². The van der Waals surface area contributed by atoms with E-state index in [0.29, 0.717) is 17.7 Å². The average Bonchev–Trinajstić information content (AvgIpc) is 2.73. The molecule has 0 aromatic heterocycles. The molecule has 1 aliphatic rings. The molecule has 0 radical (unpaired) electrons. The van der Waals surface area contributed by atoms with Crippen LogP contribution in [0.4, 0.5) is 4.39 Å². The molecule has 0 saturated heterocycles. The molecule has 0 atom stereocenters. The van der Waals surface area contributed by atoms with E-state index in [4.69, 9.17) is 4.74 Å². The minimum atomic E-state index is -0.375. The Bertz CT molecular complexity index is 834. The molecule has 0 saturated carbocycles. The summed E-state index contributed by atoms with van der Waals surface area (Å²) >= 11 is 0. The second-order valence-electron chi connectivity index (χ2n) is 5.40. The molecule has 1 aliphatic heterocycles. The quantitative estimate of drug-likeness (QED) is 0.855. The molecular formula is C19H16FNO2. The summed E-state index contributed by atoms with van der Waals surface area (Å²) in [4.78, 5) is 0. The minimum absolute atomic E-state index is 0.0627. The van der Waals surface area contributed by atoms with Crippen molar-refractivity contribution in [1.82, 2.24) is 0 Å². The second-order valence-corrected chi connectivity index (χ2v) is 5.40. The lowest BCUT2D eigenvalue weighted by molar-refractivity contribution is 0.280. The van der Waals surface area contributed by atoms with E-state index in [9.17, 15) is 14.8 Å². The number of allylic oxidation sites excluding steroid dienone is 1. The molecule has 0 amide bonds. The Morgan fingerprint density at radius 1 is 1.26 bits per heavy atom. The Kier molecular flexibility index (Phi) is 4.14. The maximum atomic E-state index is 13.6. The predicted octanol–water partition coefficient (Wildman–Crippen LogP) is 3.95. The summed E-state index contributed by atoms with van der Waals surface area (Å²) in [5.41, 5.74) is 4.68. The van der Waals surface area contributed by atoms with Crippen molar-refractivity contribution in [1.29, 1.82) is 5.26 Å². The van der Waals surface area contributed by atoms with Gasteiger partial charge in [-0.1, -0.05) is 19.1 Å². The van der Waals surface area contributed by atoms with Crippen molar-refractivity contribution >= 4 is 5.57 Å². The maximum absolute atomic E-state index is 13.6. The van der Waals surface area contributed by atoms with Gasteiger partial charge in [0.25, 0.3) is 0 Å². The lowest BCUT2D eigenvalue weighted by Gasteiger charge is -2.13. The Morgan fingerprint density at radius 3 is 2.74 bits per heavy atom. The first-order valence-electron chi connectivity index (χ1n) is 7.47. The highest BCUT2D eigenvalue weighted by Gasteiger charge is 2.22. The largest absolute Gasteiger partial charge is 0.488 e. The van der Waals surface area contributed by atoms with Crippen molar-refractivity contribution in [2.24, 2.45) is 0 Å². The van der Waals surface area contributed by atoms with E-state index in [-0.39, 0.29) is 19.0 Å². The van der Waals surface area contributed by atoms with Crippen molar-refractivity contribution in [3.8, 4) is 11.8 Å². The van der Waals surface area contributed by atoms with Crippen LogP contribution in [0.5, 0.6) is 5.75 Å². The molecule has 2 aromatic rings. The Morgan fingerprint density at radius 2 is 2.04 bits per heavy atom. The first-order valence-corrected chi connectivity index (χ1v) is 7.47. The Hall–Kier alpha value is -2.64. The number of nitriles is 1. The van der Waals surface area contributed by atoms with Gasteiger partial charge in [-0.25, -0.2) is 4.39 Å². The van der Waals surface area contributed by atoms with Gasteiger partial charge >= 0.3 is 0 Å². The predicted molar refractivity (Wildman–Crippen MR) is 85.0 cm³/mol. The number of hydrogen-bond donors (Lipinski definition) is 1. The molecule has 0 fully saturated rings. The number of hydrogen-bond acceptors (Lipinski definition) is 3. The molecule has 3 rings (SSSR count). The molecule has 0 aliphatic carbocycles. The van der Waals surface area contributed by atoms with Crippen LogP contribution in [0, 0.1) is 17.1 Å². The van der Waals surface area contributed by atoms with E-state index >= 15 is 0 Å². The van der Waals surface area contributed by atoms with Crippen LogP contribution in [0.3, 0.4) is 0 Å². The van der Waals surface area contributed by atoms with E-state index in [1.807, 2.05) is 25.1 Å². The standard InChI is InChI=1S/C19H16FNO2/c1-2-13(9-21)19-16-5-3-12(10-22)7-14(16)11-23-18-8-15(20)4-6-17(18)19/h3-8,22H,2,10-11H2,1H3/b19-13+. The van der Waals surface area contributed by atoms with Crippen molar-refractivity contribution in [2.75, 3.05) is 0 Å². The number of benzene rings is 2. The molecule has 1 N–H and O–H groups in total. The van der Waals surface area contributed by atoms with Gasteiger partial charge in [0.2, 0.25) is 0 Å². The minimum Gasteiger partial charge on any atom is -0.488 e. The lowest BCUT2D eigenvalue weighted by Crippen LogP contribution is -1.98. The van der Waals surface area contributed by atoms with Crippen LogP contribution in [-0.2, 0) is 13.2 Å². The molecule has 23 heavy (non-hydrogen) atoms. The van der Waals surface area contributed by atoms with Gasteiger partial charge in [0.15, 0.2) is 0 Å². The van der Waals surface area contributed by atoms with E-state index in [0.717, 1.165) is 27.8 Å². The summed E-state index contributed by atoms with van der Waals surface area (Å²) < 4.78 is 19.3. The highest BCUT2D eigenvalue weighted by Crippen LogP contribution is 2.39. The van der Waals surface area contributed by atoms with Crippen molar-refractivity contribution < 1.29 is 14.2 Å². The van der Waals surface area contributed by atoms with Gasteiger partial charge in [0, 0.05) is 22.8 Å². The van der Waals surface area contributed by atoms with E-state index < -0.39 is 0 Å².